The Labute approximate surface area is 140 Å². The number of piperazine rings is 1. The molecule has 0 aliphatic carbocycles. The summed E-state index contributed by atoms with van der Waals surface area (Å²) in [5, 5.41) is 5.94. The summed E-state index contributed by atoms with van der Waals surface area (Å²) in [5.41, 5.74) is 0. The largest absolute Gasteiger partial charge is 0.448 e. The number of hydrogen-bond acceptors (Lipinski definition) is 4. The predicted molar refractivity (Wildman–Crippen MR) is 88.8 cm³/mol. The third-order valence-electron chi connectivity index (χ3n) is 3.19. The quantitative estimate of drug-likeness (QED) is 0.907. The van der Waals surface area contributed by atoms with Gasteiger partial charge in [0.15, 0.2) is 5.22 Å². The van der Waals surface area contributed by atoms with Gasteiger partial charge in [-0.15, -0.1) is 36.2 Å². The molecule has 2 aromatic rings. The summed E-state index contributed by atoms with van der Waals surface area (Å²) in [7, 11) is 0. The molecule has 0 unspecified atom stereocenters. The van der Waals surface area contributed by atoms with Gasteiger partial charge >= 0.3 is 0 Å². The van der Waals surface area contributed by atoms with Crippen LogP contribution in [-0.2, 0) is 0 Å². The molecule has 1 fully saturated rings. The van der Waals surface area contributed by atoms with Crippen molar-refractivity contribution in [3.05, 3.63) is 45.5 Å². The van der Waals surface area contributed by atoms with E-state index in [-0.39, 0.29) is 30.9 Å². The first-order valence-corrected chi connectivity index (χ1v) is 7.34. The normalized spacial score (nSPS) is 17.1. The first-order valence-electron chi connectivity index (χ1n) is 6.08. The Morgan fingerprint density at radius 2 is 1.95 bits per heavy atom. The molecule has 3 nitrogen and oxygen atoms in total. The van der Waals surface area contributed by atoms with Crippen LogP contribution >= 0.6 is 47.8 Å². The molecule has 0 bridgehead atoms. The molecule has 1 aliphatic rings. The topological polar surface area (TPSA) is 28.4 Å². The van der Waals surface area contributed by atoms with Gasteiger partial charge in [0, 0.05) is 31.1 Å². The monoisotopic (exact) mass is 354 g/mol. The molecular formula is C13H17Cl3N2OS. The molecule has 2 aromatic heterocycles. The average molecular weight is 356 g/mol. The second-order valence-electron chi connectivity index (χ2n) is 4.35. The van der Waals surface area contributed by atoms with Gasteiger partial charge in [0.25, 0.3) is 0 Å². The smallest absolute Gasteiger partial charge is 0.193 e. The highest BCUT2D eigenvalue weighted by atomic mass is 35.5. The second-order valence-corrected chi connectivity index (χ2v) is 5.70. The fraction of sp³-hybridized carbons (Fsp3) is 0.385. The third kappa shape index (κ3) is 3.91. The molecule has 1 N–H and O–H groups in total. The van der Waals surface area contributed by atoms with Gasteiger partial charge in [-0.2, -0.15) is 0 Å². The van der Waals surface area contributed by atoms with E-state index >= 15 is 0 Å². The molecule has 1 atom stereocenters. The number of nitrogens with one attached hydrogen (secondary N) is 1. The summed E-state index contributed by atoms with van der Waals surface area (Å²) in [4.78, 5) is 3.75. The Kier molecular flexibility index (Phi) is 7.37. The number of rotatable bonds is 3. The van der Waals surface area contributed by atoms with Gasteiger partial charge in [-0.25, -0.2) is 0 Å². The fourth-order valence-corrected chi connectivity index (χ4v) is 3.38. The van der Waals surface area contributed by atoms with E-state index in [9.17, 15) is 0 Å². The van der Waals surface area contributed by atoms with Crippen molar-refractivity contribution in [3.8, 4) is 0 Å². The Balaban J connectivity index is 0.000001000. The van der Waals surface area contributed by atoms with E-state index in [2.05, 4.69) is 27.7 Å². The predicted octanol–water partition coefficient (Wildman–Crippen LogP) is 3.83. The van der Waals surface area contributed by atoms with Gasteiger partial charge in [0.1, 0.15) is 11.8 Å². The zero-order valence-electron chi connectivity index (χ0n) is 10.8. The molecule has 0 radical (unpaired) electrons. The van der Waals surface area contributed by atoms with Crippen molar-refractivity contribution in [1.29, 1.82) is 0 Å². The summed E-state index contributed by atoms with van der Waals surface area (Å²) in [6, 6.07) is 8.24. The SMILES string of the molecule is Cl.Cl.Clc1ccc([C@@H](c2cccs2)N2CCNCC2)o1. The fourth-order valence-electron chi connectivity index (χ4n) is 2.36. The van der Waals surface area contributed by atoms with Crippen LogP contribution in [0.2, 0.25) is 5.22 Å². The van der Waals surface area contributed by atoms with Crippen LogP contribution < -0.4 is 5.32 Å². The maximum absolute atomic E-state index is 5.91. The van der Waals surface area contributed by atoms with Crippen LogP contribution in [0.25, 0.3) is 0 Å². The van der Waals surface area contributed by atoms with Crippen LogP contribution in [0.15, 0.2) is 34.1 Å². The molecule has 0 amide bonds. The minimum absolute atomic E-state index is 0. The lowest BCUT2D eigenvalue weighted by atomic mass is 10.1. The molecule has 1 saturated heterocycles. The maximum atomic E-state index is 5.91. The van der Waals surface area contributed by atoms with Gasteiger partial charge in [-0.1, -0.05) is 6.07 Å². The average Bonchev–Trinajstić information content (AvgIpc) is 3.04. The Morgan fingerprint density at radius 1 is 1.20 bits per heavy atom. The lowest BCUT2D eigenvalue weighted by Gasteiger charge is -2.33. The van der Waals surface area contributed by atoms with Crippen LogP contribution in [0.1, 0.15) is 16.7 Å². The van der Waals surface area contributed by atoms with Gasteiger partial charge in [0.05, 0.1) is 0 Å². The number of furan rings is 1. The van der Waals surface area contributed by atoms with Crippen LogP contribution in [-0.4, -0.2) is 31.1 Å². The van der Waals surface area contributed by atoms with Gasteiger partial charge < -0.3 is 9.73 Å². The highest BCUT2D eigenvalue weighted by molar-refractivity contribution is 7.10. The van der Waals surface area contributed by atoms with E-state index in [0.29, 0.717) is 5.22 Å². The molecule has 0 saturated carbocycles. The van der Waals surface area contributed by atoms with Crippen molar-refractivity contribution < 1.29 is 4.42 Å². The lowest BCUT2D eigenvalue weighted by Crippen LogP contribution is -2.45. The van der Waals surface area contributed by atoms with Crippen molar-refractivity contribution in [2.45, 2.75) is 6.04 Å². The van der Waals surface area contributed by atoms with Crippen LogP contribution in [0.3, 0.4) is 0 Å². The molecular weight excluding hydrogens is 339 g/mol. The van der Waals surface area contributed by atoms with E-state index in [4.69, 9.17) is 16.0 Å². The molecule has 3 rings (SSSR count). The summed E-state index contributed by atoms with van der Waals surface area (Å²) in [6.45, 7) is 4.11. The third-order valence-corrected chi connectivity index (χ3v) is 4.32. The Morgan fingerprint density at radius 3 is 2.50 bits per heavy atom. The van der Waals surface area contributed by atoms with E-state index in [1.807, 2.05) is 12.1 Å². The van der Waals surface area contributed by atoms with E-state index < -0.39 is 0 Å². The summed E-state index contributed by atoms with van der Waals surface area (Å²) < 4.78 is 5.63. The Hall–Kier alpha value is -0.230. The minimum atomic E-state index is 0. The number of nitrogens with zero attached hydrogens (tertiary/aromatic N) is 1. The van der Waals surface area contributed by atoms with Crippen LogP contribution in [0.5, 0.6) is 0 Å². The maximum Gasteiger partial charge on any atom is 0.193 e. The molecule has 20 heavy (non-hydrogen) atoms. The summed E-state index contributed by atoms with van der Waals surface area (Å²) in [5.74, 6) is 0.935. The first-order chi connectivity index (χ1) is 8.84. The molecule has 0 spiro atoms. The van der Waals surface area contributed by atoms with Crippen LogP contribution in [0.4, 0.5) is 0 Å². The number of hydrogen-bond donors (Lipinski definition) is 1. The van der Waals surface area contributed by atoms with Crippen molar-refractivity contribution in [1.82, 2.24) is 10.2 Å². The molecule has 112 valence electrons. The minimum Gasteiger partial charge on any atom is -0.448 e. The molecule has 1 aliphatic heterocycles. The molecule has 7 heteroatoms. The van der Waals surface area contributed by atoms with Crippen LogP contribution in [0, 0.1) is 0 Å². The van der Waals surface area contributed by atoms with Gasteiger partial charge in [0.2, 0.25) is 0 Å². The van der Waals surface area contributed by atoms with Crippen molar-refractivity contribution in [2.24, 2.45) is 0 Å². The molecule has 3 heterocycles. The van der Waals surface area contributed by atoms with Crippen molar-refractivity contribution in [3.63, 3.8) is 0 Å². The highest BCUT2D eigenvalue weighted by Crippen LogP contribution is 2.33. The lowest BCUT2D eigenvalue weighted by molar-refractivity contribution is 0.182. The van der Waals surface area contributed by atoms with Crippen molar-refractivity contribution in [2.75, 3.05) is 26.2 Å². The first kappa shape index (κ1) is 17.8. The zero-order chi connectivity index (χ0) is 12.4. The molecule has 0 aromatic carbocycles. The van der Waals surface area contributed by atoms with E-state index in [1.54, 1.807) is 11.3 Å². The van der Waals surface area contributed by atoms with E-state index in [1.165, 1.54) is 4.88 Å². The zero-order valence-corrected chi connectivity index (χ0v) is 14.0. The Bertz CT molecular complexity index is 497. The number of thiophene rings is 1. The summed E-state index contributed by atoms with van der Waals surface area (Å²) in [6.07, 6.45) is 0. The highest BCUT2D eigenvalue weighted by Gasteiger charge is 2.27. The standard InChI is InChI=1S/C13H15ClN2OS.2ClH/c14-12-4-3-10(17-12)13(11-2-1-9-18-11)16-7-5-15-6-8-16;;/h1-4,9,13,15H,5-8H2;2*1H/t13-;;/m0../s1. The number of halogens is 3. The van der Waals surface area contributed by atoms with Crippen molar-refractivity contribution >= 4 is 47.8 Å². The summed E-state index contributed by atoms with van der Waals surface area (Å²) >= 11 is 7.67. The second kappa shape index (κ2) is 8.27. The van der Waals surface area contributed by atoms with Gasteiger partial charge in [-0.3, -0.25) is 4.90 Å². The van der Waals surface area contributed by atoms with E-state index in [0.717, 1.165) is 31.9 Å². The van der Waals surface area contributed by atoms with Gasteiger partial charge in [-0.05, 0) is 35.2 Å².